The number of benzene rings is 2. The van der Waals surface area contributed by atoms with Gasteiger partial charge in [-0.3, -0.25) is 9.59 Å². The fourth-order valence-corrected chi connectivity index (χ4v) is 2.63. The van der Waals surface area contributed by atoms with Crippen LogP contribution in [0.3, 0.4) is 0 Å². The van der Waals surface area contributed by atoms with Gasteiger partial charge < -0.3 is 5.32 Å². The first kappa shape index (κ1) is 18.7. The molecule has 0 aliphatic heterocycles. The van der Waals surface area contributed by atoms with Crippen molar-refractivity contribution >= 4 is 17.8 Å². The molecular formula is C22H25NO2. The van der Waals surface area contributed by atoms with E-state index in [1.54, 1.807) is 6.08 Å². The van der Waals surface area contributed by atoms with Gasteiger partial charge in [0.2, 0.25) is 0 Å². The molecule has 0 atom stereocenters. The monoisotopic (exact) mass is 335 g/mol. The zero-order chi connectivity index (χ0) is 18.2. The maximum Gasteiger partial charge on any atom is 0.254 e. The van der Waals surface area contributed by atoms with Crippen molar-refractivity contribution in [3.8, 4) is 0 Å². The molecule has 1 amide bonds. The number of carbonyl (C=O) groups is 2. The van der Waals surface area contributed by atoms with Gasteiger partial charge in [-0.05, 0) is 56.4 Å². The lowest BCUT2D eigenvalue weighted by Gasteiger charge is -2.08. The molecule has 0 aliphatic carbocycles. The quantitative estimate of drug-likeness (QED) is 0.359. The van der Waals surface area contributed by atoms with Crippen molar-refractivity contribution in [2.24, 2.45) is 0 Å². The maximum absolute atomic E-state index is 12.4. The Labute approximate surface area is 149 Å². The van der Waals surface area contributed by atoms with Crippen LogP contribution < -0.4 is 5.32 Å². The number of Topliss-reactive ketones (excluding diaryl/α,β-unsaturated/α-hetero) is 1. The fourth-order valence-electron chi connectivity index (χ4n) is 2.63. The van der Waals surface area contributed by atoms with Gasteiger partial charge in [0.05, 0.1) is 5.57 Å². The van der Waals surface area contributed by atoms with E-state index in [1.165, 1.54) is 12.5 Å². The van der Waals surface area contributed by atoms with Crippen LogP contribution in [-0.4, -0.2) is 18.2 Å². The topological polar surface area (TPSA) is 46.2 Å². The minimum absolute atomic E-state index is 0.202. The van der Waals surface area contributed by atoms with E-state index < -0.39 is 0 Å². The van der Waals surface area contributed by atoms with Crippen molar-refractivity contribution in [1.29, 1.82) is 0 Å². The molecule has 0 saturated heterocycles. The Morgan fingerprint density at radius 1 is 1.04 bits per heavy atom. The van der Waals surface area contributed by atoms with Gasteiger partial charge in [0.25, 0.3) is 5.91 Å². The van der Waals surface area contributed by atoms with Crippen molar-refractivity contribution in [2.45, 2.75) is 33.6 Å². The Bertz CT molecular complexity index is 776. The Morgan fingerprint density at radius 2 is 1.76 bits per heavy atom. The van der Waals surface area contributed by atoms with Gasteiger partial charge in [-0.15, -0.1) is 0 Å². The Hall–Kier alpha value is -2.68. The van der Waals surface area contributed by atoms with Gasteiger partial charge in [-0.2, -0.15) is 0 Å². The molecule has 130 valence electrons. The summed E-state index contributed by atoms with van der Waals surface area (Å²) in [4.78, 5) is 24.3. The number of ketones is 1. The second kappa shape index (κ2) is 8.97. The van der Waals surface area contributed by atoms with E-state index >= 15 is 0 Å². The van der Waals surface area contributed by atoms with Crippen molar-refractivity contribution < 1.29 is 9.59 Å². The molecule has 0 aromatic heterocycles. The molecule has 2 rings (SSSR count). The van der Waals surface area contributed by atoms with Gasteiger partial charge in [0, 0.05) is 6.54 Å². The molecule has 0 fully saturated rings. The van der Waals surface area contributed by atoms with E-state index in [2.05, 4.69) is 17.4 Å². The average molecular weight is 335 g/mol. The van der Waals surface area contributed by atoms with Crippen LogP contribution in [-0.2, 0) is 16.0 Å². The summed E-state index contributed by atoms with van der Waals surface area (Å²) in [7, 11) is 0. The van der Waals surface area contributed by atoms with Crippen LogP contribution in [0.15, 0.2) is 54.1 Å². The van der Waals surface area contributed by atoms with Gasteiger partial charge in [0.1, 0.15) is 0 Å². The minimum atomic E-state index is -0.304. The summed E-state index contributed by atoms with van der Waals surface area (Å²) in [5.74, 6) is -0.525. The molecule has 0 spiro atoms. The average Bonchev–Trinajstić information content (AvgIpc) is 2.60. The molecule has 1 N–H and O–H groups in total. The SMILES string of the molecule is CC(=O)C(=Cc1cc(C)ccc1C)C(=O)NCCCc1ccccc1. The zero-order valence-corrected chi connectivity index (χ0v) is 15.1. The third-order valence-corrected chi connectivity index (χ3v) is 4.13. The number of rotatable bonds is 7. The first-order valence-corrected chi connectivity index (χ1v) is 8.59. The molecule has 3 heteroatoms. The summed E-state index contributed by atoms with van der Waals surface area (Å²) in [6.07, 6.45) is 3.43. The predicted octanol–water partition coefficient (Wildman–Crippen LogP) is 4.02. The van der Waals surface area contributed by atoms with E-state index in [0.29, 0.717) is 6.54 Å². The molecule has 0 saturated carbocycles. The first-order chi connectivity index (χ1) is 12.0. The normalized spacial score (nSPS) is 11.2. The van der Waals surface area contributed by atoms with Gasteiger partial charge >= 0.3 is 0 Å². The third kappa shape index (κ3) is 5.71. The molecule has 2 aromatic rings. The number of hydrogen-bond donors (Lipinski definition) is 1. The second-order valence-corrected chi connectivity index (χ2v) is 6.32. The highest BCUT2D eigenvalue weighted by atomic mass is 16.2. The summed E-state index contributed by atoms with van der Waals surface area (Å²) in [5, 5.41) is 2.86. The van der Waals surface area contributed by atoms with Crippen LogP contribution in [0.5, 0.6) is 0 Å². The first-order valence-electron chi connectivity index (χ1n) is 8.59. The highest BCUT2D eigenvalue weighted by Crippen LogP contribution is 2.15. The van der Waals surface area contributed by atoms with Crippen molar-refractivity contribution in [2.75, 3.05) is 6.54 Å². The molecular weight excluding hydrogens is 310 g/mol. The van der Waals surface area contributed by atoms with Gasteiger partial charge in [0.15, 0.2) is 5.78 Å². The van der Waals surface area contributed by atoms with Crippen LogP contribution in [0.4, 0.5) is 0 Å². The molecule has 0 unspecified atom stereocenters. The highest BCUT2D eigenvalue weighted by Gasteiger charge is 2.14. The molecule has 3 nitrogen and oxygen atoms in total. The zero-order valence-electron chi connectivity index (χ0n) is 15.1. The number of amides is 1. The lowest BCUT2D eigenvalue weighted by atomic mass is 10.0. The lowest BCUT2D eigenvalue weighted by Crippen LogP contribution is -2.28. The summed E-state index contributed by atoms with van der Waals surface area (Å²) in [6.45, 7) is 5.94. The van der Waals surface area contributed by atoms with E-state index in [4.69, 9.17) is 0 Å². The summed E-state index contributed by atoms with van der Waals surface area (Å²) in [6, 6.07) is 16.2. The Morgan fingerprint density at radius 3 is 2.44 bits per heavy atom. The number of aryl methyl sites for hydroxylation is 3. The van der Waals surface area contributed by atoms with Gasteiger partial charge in [-0.1, -0.05) is 54.1 Å². The van der Waals surface area contributed by atoms with E-state index in [0.717, 1.165) is 29.5 Å². The smallest absolute Gasteiger partial charge is 0.254 e. The summed E-state index contributed by atoms with van der Waals surface area (Å²) < 4.78 is 0. The number of carbonyl (C=O) groups excluding carboxylic acids is 2. The van der Waals surface area contributed by atoms with Crippen LogP contribution in [0.2, 0.25) is 0 Å². The van der Waals surface area contributed by atoms with Crippen molar-refractivity contribution in [1.82, 2.24) is 5.32 Å². The Kier molecular flexibility index (Phi) is 6.70. The molecule has 25 heavy (non-hydrogen) atoms. The number of nitrogens with one attached hydrogen (secondary N) is 1. The predicted molar refractivity (Wildman–Crippen MR) is 102 cm³/mol. The van der Waals surface area contributed by atoms with Crippen LogP contribution in [0.1, 0.15) is 35.6 Å². The number of hydrogen-bond acceptors (Lipinski definition) is 2. The molecule has 2 aromatic carbocycles. The maximum atomic E-state index is 12.4. The Balaban J connectivity index is 1.99. The van der Waals surface area contributed by atoms with Crippen molar-refractivity contribution in [3.05, 3.63) is 76.4 Å². The summed E-state index contributed by atoms with van der Waals surface area (Å²) >= 11 is 0. The van der Waals surface area contributed by atoms with Crippen LogP contribution >= 0.6 is 0 Å². The third-order valence-electron chi connectivity index (χ3n) is 4.13. The van der Waals surface area contributed by atoms with Crippen LogP contribution in [0, 0.1) is 13.8 Å². The standard InChI is InChI=1S/C22H25NO2/c1-16-11-12-17(2)20(14-16)15-21(18(3)24)22(25)23-13-7-10-19-8-5-4-6-9-19/h4-6,8-9,11-12,14-15H,7,10,13H2,1-3H3,(H,23,25). The fraction of sp³-hybridized carbons (Fsp3) is 0.273. The highest BCUT2D eigenvalue weighted by molar-refractivity contribution is 6.21. The molecule has 0 bridgehead atoms. The van der Waals surface area contributed by atoms with Crippen molar-refractivity contribution in [3.63, 3.8) is 0 Å². The van der Waals surface area contributed by atoms with E-state index in [1.807, 2.05) is 50.2 Å². The van der Waals surface area contributed by atoms with E-state index in [-0.39, 0.29) is 17.3 Å². The molecule has 0 radical (unpaired) electrons. The minimum Gasteiger partial charge on any atom is -0.352 e. The second-order valence-electron chi connectivity index (χ2n) is 6.32. The molecule has 0 heterocycles. The molecule has 0 aliphatic rings. The van der Waals surface area contributed by atoms with E-state index in [9.17, 15) is 9.59 Å². The van der Waals surface area contributed by atoms with Gasteiger partial charge in [-0.25, -0.2) is 0 Å². The van der Waals surface area contributed by atoms with Crippen LogP contribution in [0.25, 0.3) is 6.08 Å². The summed E-state index contributed by atoms with van der Waals surface area (Å²) in [5.41, 5.74) is 4.50. The largest absolute Gasteiger partial charge is 0.352 e. The lowest BCUT2D eigenvalue weighted by molar-refractivity contribution is -0.121.